The fraction of sp³-hybridized carbons (Fsp3) is 0. The van der Waals surface area contributed by atoms with Gasteiger partial charge in [0.25, 0.3) is 0 Å². The average Bonchev–Trinajstić information content (AvgIpc) is 4.02. The fourth-order valence-electron chi connectivity index (χ4n) is 10.2. The highest BCUT2D eigenvalue weighted by Gasteiger charge is 2.24. The zero-order valence-corrected chi connectivity index (χ0v) is 33.7. The van der Waals surface area contributed by atoms with Gasteiger partial charge in [-0.05, 0) is 80.8 Å². The van der Waals surface area contributed by atoms with Crippen LogP contribution in [0.5, 0.6) is 0 Å². The van der Waals surface area contributed by atoms with Crippen molar-refractivity contribution in [1.29, 1.82) is 0 Å². The molecule has 0 saturated carbocycles. The van der Waals surface area contributed by atoms with Crippen molar-refractivity contribution in [3.63, 3.8) is 0 Å². The predicted molar refractivity (Wildman–Crippen MR) is 259 cm³/mol. The molecule has 6 nitrogen and oxygen atoms in total. The average molecular weight is 804 g/mol. The van der Waals surface area contributed by atoms with Crippen LogP contribution in [0.1, 0.15) is 0 Å². The highest BCUT2D eigenvalue weighted by molar-refractivity contribution is 6.27. The van der Waals surface area contributed by atoms with Gasteiger partial charge in [0.1, 0.15) is 11.2 Å². The Kier molecular flexibility index (Phi) is 7.02. The van der Waals surface area contributed by atoms with Crippen molar-refractivity contribution in [2.75, 3.05) is 0 Å². The molecule has 0 saturated heterocycles. The summed E-state index contributed by atoms with van der Waals surface area (Å²) in [6.07, 6.45) is 0. The van der Waals surface area contributed by atoms with E-state index in [1.54, 1.807) is 0 Å². The Morgan fingerprint density at radius 3 is 1.48 bits per heavy atom. The first kappa shape index (κ1) is 34.1. The quantitative estimate of drug-likeness (QED) is 0.166. The number of nitrogens with zero attached hydrogens (tertiary/aromatic N) is 5. The maximum absolute atomic E-state index is 6.23. The summed E-state index contributed by atoms with van der Waals surface area (Å²) in [4.78, 5) is 15.9. The van der Waals surface area contributed by atoms with Crippen LogP contribution < -0.4 is 0 Å². The van der Waals surface area contributed by atoms with E-state index in [0.29, 0.717) is 17.6 Å². The Balaban J connectivity index is 1.10. The molecule has 0 N–H and O–H groups in total. The van der Waals surface area contributed by atoms with Gasteiger partial charge in [0.05, 0.1) is 22.1 Å². The maximum atomic E-state index is 6.23. The smallest absolute Gasteiger partial charge is 0.238 e. The van der Waals surface area contributed by atoms with Gasteiger partial charge in [-0.2, -0.15) is 9.97 Å². The van der Waals surface area contributed by atoms with Gasteiger partial charge >= 0.3 is 0 Å². The van der Waals surface area contributed by atoms with Gasteiger partial charge in [0, 0.05) is 49.1 Å². The minimum atomic E-state index is 0.544. The lowest BCUT2D eigenvalue weighted by atomic mass is 9.94. The summed E-state index contributed by atoms with van der Waals surface area (Å²) in [6.45, 7) is 0. The summed E-state index contributed by atoms with van der Waals surface area (Å²) >= 11 is 0. The van der Waals surface area contributed by atoms with Gasteiger partial charge in [-0.15, -0.1) is 0 Å². The van der Waals surface area contributed by atoms with E-state index in [2.05, 4.69) is 161 Å². The second kappa shape index (κ2) is 12.9. The molecule has 6 heteroatoms. The van der Waals surface area contributed by atoms with E-state index in [9.17, 15) is 0 Å². The molecule has 0 aliphatic carbocycles. The van der Waals surface area contributed by atoms with Crippen LogP contribution in [0.2, 0.25) is 0 Å². The topological polar surface area (TPSA) is 61.7 Å². The van der Waals surface area contributed by atoms with Crippen LogP contribution in [-0.4, -0.2) is 24.1 Å². The van der Waals surface area contributed by atoms with E-state index in [-0.39, 0.29) is 0 Å². The number of fused-ring (bicyclic) bond motifs is 16. The van der Waals surface area contributed by atoms with E-state index in [4.69, 9.17) is 19.4 Å². The fourth-order valence-corrected chi connectivity index (χ4v) is 10.2. The number of hydrogen-bond acceptors (Lipinski definition) is 4. The second-order valence-electron chi connectivity index (χ2n) is 16.3. The van der Waals surface area contributed by atoms with E-state index >= 15 is 0 Å². The first-order chi connectivity index (χ1) is 31.2. The van der Waals surface area contributed by atoms with Crippen molar-refractivity contribution < 1.29 is 4.42 Å². The minimum absolute atomic E-state index is 0.544. The largest absolute Gasteiger partial charge is 0.456 e. The maximum Gasteiger partial charge on any atom is 0.238 e. The highest BCUT2D eigenvalue weighted by atomic mass is 16.3. The summed E-state index contributed by atoms with van der Waals surface area (Å²) in [5.41, 5.74) is 8.81. The molecule has 0 amide bonds. The van der Waals surface area contributed by atoms with E-state index in [1.807, 2.05) is 48.5 Å². The molecule has 14 rings (SSSR count). The number of aromatic nitrogens is 5. The van der Waals surface area contributed by atoms with Crippen molar-refractivity contribution in [1.82, 2.24) is 24.1 Å². The van der Waals surface area contributed by atoms with Crippen molar-refractivity contribution in [3.8, 4) is 34.4 Å². The Morgan fingerprint density at radius 2 is 0.794 bits per heavy atom. The van der Waals surface area contributed by atoms with Crippen LogP contribution in [0.3, 0.4) is 0 Å². The Labute approximate surface area is 359 Å². The molecule has 0 fully saturated rings. The molecule has 14 aromatic rings. The lowest BCUT2D eigenvalue weighted by Gasteiger charge is -2.15. The van der Waals surface area contributed by atoms with Gasteiger partial charge in [0.15, 0.2) is 11.6 Å². The molecule has 0 aliphatic heterocycles. The van der Waals surface area contributed by atoms with Crippen LogP contribution in [0.15, 0.2) is 205 Å². The second-order valence-corrected chi connectivity index (χ2v) is 16.3. The summed E-state index contributed by atoms with van der Waals surface area (Å²) < 4.78 is 10.9. The normalized spacial score (nSPS) is 12.1. The van der Waals surface area contributed by atoms with E-state index in [0.717, 1.165) is 77.0 Å². The molecule has 4 heterocycles. The number of furan rings is 1. The number of rotatable bonds is 4. The van der Waals surface area contributed by atoms with E-state index in [1.165, 1.54) is 37.7 Å². The monoisotopic (exact) mass is 803 g/mol. The molecule has 63 heavy (non-hydrogen) atoms. The SMILES string of the molecule is c1ccc(-c2nc(-c3ccc4oc5ccccc5c4c3)nc(-n3c4ccccc4c4ccc5c6ccccc6n(-c6ccc7c8ccccc8c8ccccc8c7c6)c5c43)n2)cc1. The van der Waals surface area contributed by atoms with Crippen LogP contribution in [0, 0.1) is 0 Å². The van der Waals surface area contributed by atoms with Crippen molar-refractivity contribution in [3.05, 3.63) is 200 Å². The van der Waals surface area contributed by atoms with Crippen molar-refractivity contribution in [2.45, 2.75) is 0 Å². The third kappa shape index (κ3) is 4.91. The third-order valence-electron chi connectivity index (χ3n) is 12.9. The summed E-state index contributed by atoms with van der Waals surface area (Å²) in [5, 5.41) is 14.1. The van der Waals surface area contributed by atoms with Gasteiger partial charge in [-0.3, -0.25) is 4.57 Å². The molecule has 10 aromatic carbocycles. The molecule has 0 bridgehead atoms. The van der Waals surface area contributed by atoms with Crippen LogP contribution in [0.4, 0.5) is 0 Å². The first-order valence-electron chi connectivity index (χ1n) is 21.3. The molecule has 292 valence electrons. The molecular weight excluding hydrogens is 771 g/mol. The van der Waals surface area contributed by atoms with Gasteiger partial charge in [0.2, 0.25) is 5.95 Å². The summed E-state index contributed by atoms with van der Waals surface area (Å²) in [6, 6.07) is 71.0. The van der Waals surface area contributed by atoms with Crippen LogP contribution in [-0.2, 0) is 0 Å². The summed E-state index contributed by atoms with van der Waals surface area (Å²) in [5.74, 6) is 1.72. The zero-order valence-electron chi connectivity index (χ0n) is 33.7. The molecule has 0 radical (unpaired) electrons. The molecule has 0 unspecified atom stereocenters. The molecule has 0 atom stereocenters. The molecule has 4 aromatic heterocycles. The van der Waals surface area contributed by atoms with Gasteiger partial charge in [-0.1, -0.05) is 152 Å². The van der Waals surface area contributed by atoms with Crippen molar-refractivity contribution >= 4 is 97.9 Å². The van der Waals surface area contributed by atoms with Gasteiger partial charge < -0.3 is 8.98 Å². The zero-order chi connectivity index (χ0) is 41.2. The van der Waals surface area contributed by atoms with Crippen LogP contribution >= 0.6 is 0 Å². The lowest BCUT2D eigenvalue weighted by molar-refractivity contribution is 0.669. The third-order valence-corrected chi connectivity index (χ3v) is 12.9. The predicted octanol–water partition coefficient (Wildman–Crippen LogP) is 14.8. The van der Waals surface area contributed by atoms with Crippen molar-refractivity contribution in [2.24, 2.45) is 0 Å². The lowest BCUT2D eigenvalue weighted by Crippen LogP contribution is -2.07. The first-order valence-corrected chi connectivity index (χ1v) is 21.3. The number of para-hydroxylation sites is 3. The summed E-state index contributed by atoms with van der Waals surface area (Å²) in [7, 11) is 0. The molecule has 0 spiro atoms. The Bertz CT molecular complexity index is 4180. The molecular formula is C57H33N5O. The van der Waals surface area contributed by atoms with Gasteiger partial charge in [-0.25, -0.2) is 4.98 Å². The number of hydrogen-bond donors (Lipinski definition) is 0. The Hall–Kier alpha value is -8.61. The molecule has 0 aliphatic rings. The van der Waals surface area contributed by atoms with E-state index < -0.39 is 0 Å². The highest BCUT2D eigenvalue weighted by Crippen LogP contribution is 2.43. The minimum Gasteiger partial charge on any atom is -0.456 e. The Morgan fingerprint density at radius 1 is 0.302 bits per heavy atom. The van der Waals surface area contributed by atoms with Crippen LogP contribution in [0.25, 0.3) is 132 Å². The standard InChI is InChI=1S/C57H33N5O/c1-2-14-34(15-3-1)55-58-56(35-26-31-52-48(32-35)44-22-10-13-25-51(44)63-52)60-57(59-55)62-50-24-12-9-21-43(50)46-30-29-45-42-20-8-11-23-49(42)61(53(45)54(46)62)36-27-28-41-39-18-5-4-16-37(39)38-17-6-7-19-40(38)47(41)33-36/h1-33H. The number of benzene rings is 10.